The monoisotopic (exact) mass is 526 g/mol. The number of methoxy groups -OCH3 is 1. The lowest BCUT2D eigenvalue weighted by Crippen LogP contribution is -2.29. The smallest absolute Gasteiger partial charge is 0.284 e. The van der Waals surface area contributed by atoms with Crippen LogP contribution < -0.4 is 9.47 Å². The first-order chi connectivity index (χ1) is 17.3. The van der Waals surface area contributed by atoms with Gasteiger partial charge in [0.25, 0.3) is 15.9 Å². The van der Waals surface area contributed by atoms with Crippen LogP contribution in [0.5, 0.6) is 11.5 Å². The largest absolute Gasteiger partial charge is 0.493 e. The number of rotatable bonds is 8. The number of hydrogen-bond donors (Lipinski definition) is 0. The second-order valence-corrected chi connectivity index (χ2v) is 10.3. The van der Waals surface area contributed by atoms with Crippen molar-refractivity contribution in [2.24, 2.45) is 4.40 Å². The average Bonchev–Trinajstić information content (AvgIpc) is 3.16. The highest BCUT2D eigenvalue weighted by Gasteiger charge is 2.34. The maximum atomic E-state index is 13.2. The molecule has 0 aromatic heterocycles. The third-order valence-electron chi connectivity index (χ3n) is 5.24. The fourth-order valence-electron chi connectivity index (χ4n) is 3.40. The lowest BCUT2D eigenvalue weighted by Gasteiger charge is -2.12. The van der Waals surface area contributed by atoms with Crippen molar-refractivity contribution in [3.63, 3.8) is 0 Å². The molecule has 1 aliphatic rings. The number of nitrogens with zero attached hydrogens (tertiary/aromatic N) is 2. The van der Waals surface area contributed by atoms with E-state index in [-0.39, 0.29) is 22.5 Å². The minimum absolute atomic E-state index is 0.0344. The molecule has 0 radical (unpaired) electrons. The molecule has 1 heterocycles. The molecule has 0 unspecified atom stereocenters. The lowest BCUT2D eigenvalue weighted by atomic mass is 10.1. The van der Waals surface area contributed by atoms with Crippen LogP contribution in [0.1, 0.15) is 18.1 Å². The summed E-state index contributed by atoms with van der Waals surface area (Å²) in [5, 5.41) is 0.0344. The van der Waals surface area contributed by atoms with E-state index in [1.165, 1.54) is 4.90 Å². The minimum Gasteiger partial charge on any atom is -0.493 e. The molecule has 36 heavy (non-hydrogen) atoms. The number of amidine groups is 1. The molecule has 4 rings (SSSR count). The van der Waals surface area contributed by atoms with E-state index in [4.69, 9.17) is 9.47 Å². The van der Waals surface area contributed by atoms with Crippen molar-refractivity contribution in [2.45, 2.75) is 18.4 Å². The first-order valence-electron chi connectivity index (χ1n) is 11.0. The SMILES string of the molecule is CCN1C(=O)C(=Cc2ccc(OC)c(OCc3ccccc3)c2)SC1=NS(=O)(=O)c1ccc(F)cc1. The van der Waals surface area contributed by atoms with Gasteiger partial charge in [-0.05, 0) is 72.3 Å². The number of benzene rings is 3. The molecule has 186 valence electrons. The number of likely N-dealkylation sites (N-methyl/N-ethyl adjacent to an activating group) is 1. The fourth-order valence-corrected chi connectivity index (χ4v) is 5.64. The van der Waals surface area contributed by atoms with Crippen LogP contribution in [-0.4, -0.2) is 38.0 Å². The molecule has 0 bridgehead atoms. The van der Waals surface area contributed by atoms with Crippen molar-refractivity contribution >= 4 is 38.9 Å². The number of halogens is 1. The zero-order valence-electron chi connectivity index (χ0n) is 19.5. The van der Waals surface area contributed by atoms with E-state index in [9.17, 15) is 17.6 Å². The van der Waals surface area contributed by atoms with Crippen molar-refractivity contribution in [3.05, 3.63) is 94.6 Å². The minimum atomic E-state index is -4.13. The Bertz CT molecular complexity index is 1420. The van der Waals surface area contributed by atoms with Crippen molar-refractivity contribution in [1.29, 1.82) is 0 Å². The number of carbonyl (C=O) groups is 1. The van der Waals surface area contributed by atoms with Gasteiger partial charge in [0.15, 0.2) is 16.7 Å². The molecule has 1 aliphatic heterocycles. The zero-order valence-corrected chi connectivity index (χ0v) is 21.2. The molecular weight excluding hydrogens is 503 g/mol. The highest BCUT2D eigenvalue weighted by molar-refractivity contribution is 8.19. The van der Waals surface area contributed by atoms with Gasteiger partial charge in [0, 0.05) is 6.54 Å². The predicted molar refractivity (Wildman–Crippen MR) is 138 cm³/mol. The molecule has 0 spiro atoms. The van der Waals surface area contributed by atoms with Crippen molar-refractivity contribution in [1.82, 2.24) is 4.90 Å². The highest BCUT2D eigenvalue weighted by Crippen LogP contribution is 2.35. The summed E-state index contributed by atoms with van der Waals surface area (Å²) in [5.74, 6) is 0.129. The van der Waals surface area contributed by atoms with Crippen molar-refractivity contribution < 1.29 is 27.1 Å². The van der Waals surface area contributed by atoms with Crippen LogP contribution in [0, 0.1) is 5.82 Å². The summed E-state index contributed by atoms with van der Waals surface area (Å²) in [6.07, 6.45) is 1.65. The Balaban J connectivity index is 1.61. The van der Waals surface area contributed by atoms with E-state index in [1.54, 1.807) is 38.3 Å². The number of hydrogen-bond acceptors (Lipinski definition) is 6. The van der Waals surface area contributed by atoms with Gasteiger partial charge in [-0.1, -0.05) is 36.4 Å². The molecule has 10 heteroatoms. The summed E-state index contributed by atoms with van der Waals surface area (Å²) in [7, 11) is -2.59. The zero-order chi connectivity index (χ0) is 25.7. The van der Waals surface area contributed by atoms with Crippen LogP contribution in [0.3, 0.4) is 0 Å². The molecule has 0 atom stereocenters. The Morgan fingerprint density at radius 2 is 1.75 bits per heavy atom. The second-order valence-electron chi connectivity index (χ2n) is 7.65. The van der Waals surface area contributed by atoms with Gasteiger partial charge in [0.05, 0.1) is 16.9 Å². The lowest BCUT2D eigenvalue weighted by molar-refractivity contribution is -0.122. The average molecular weight is 527 g/mol. The first kappa shape index (κ1) is 25.5. The molecule has 1 amide bonds. The van der Waals surface area contributed by atoms with E-state index < -0.39 is 15.8 Å². The predicted octanol–water partition coefficient (Wildman–Crippen LogP) is 5.09. The number of ether oxygens (including phenoxy) is 2. The van der Waals surface area contributed by atoms with E-state index in [1.807, 2.05) is 30.3 Å². The summed E-state index contributed by atoms with van der Waals surface area (Å²) < 4.78 is 53.9. The first-order valence-corrected chi connectivity index (χ1v) is 13.2. The van der Waals surface area contributed by atoms with E-state index in [0.717, 1.165) is 41.6 Å². The Morgan fingerprint density at radius 1 is 1.03 bits per heavy atom. The molecular formula is C26H23FN2O5S2. The van der Waals surface area contributed by atoms with E-state index in [0.29, 0.717) is 28.6 Å². The van der Waals surface area contributed by atoms with Gasteiger partial charge in [-0.3, -0.25) is 9.69 Å². The summed E-state index contributed by atoms with van der Waals surface area (Å²) >= 11 is 0.959. The van der Waals surface area contributed by atoms with Crippen LogP contribution in [0.4, 0.5) is 4.39 Å². The van der Waals surface area contributed by atoms with Gasteiger partial charge in [0.1, 0.15) is 12.4 Å². The molecule has 0 N–H and O–H groups in total. The molecule has 3 aromatic carbocycles. The van der Waals surface area contributed by atoms with Gasteiger partial charge in [-0.15, -0.1) is 4.40 Å². The number of thioether (sulfide) groups is 1. The Hall–Kier alpha value is -3.63. The van der Waals surface area contributed by atoms with Crippen LogP contribution >= 0.6 is 11.8 Å². The van der Waals surface area contributed by atoms with Gasteiger partial charge >= 0.3 is 0 Å². The fraction of sp³-hybridized carbons (Fsp3) is 0.154. The topological polar surface area (TPSA) is 85.3 Å². The van der Waals surface area contributed by atoms with Gasteiger partial charge < -0.3 is 9.47 Å². The van der Waals surface area contributed by atoms with Gasteiger partial charge in [0.2, 0.25) is 0 Å². The van der Waals surface area contributed by atoms with E-state index >= 15 is 0 Å². The van der Waals surface area contributed by atoms with Crippen LogP contribution in [0.25, 0.3) is 6.08 Å². The summed E-state index contributed by atoms with van der Waals surface area (Å²) in [6, 6.07) is 19.3. The number of amides is 1. The molecule has 0 saturated carbocycles. The van der Waals surface area contributed by atoms with Crippen molar-refractivity contribution in [2.75, 3.05) is 13.7 Å². The molecule has 3 aromatic rings. The summed E-state index contributed by atoms with van der Waals surface area (Å²) in [6.45, 7) is 2.30. The van der Waals surface area contributed by atoms with Crippen LogP contribution in [0.2, 0.25) is 0 Å². The van der Waals surface area contributed by atoms with E-state index in [2.05, 4.69) is 4.40 Å². The second kappa shape index (κ2) is 11.0. The van der Waals surface area contributed by atoms with Gasteiger partial charge in [-0.2, -0.15) is 8.42 Å². The normalized spacial score (nSPS) is 16.1. The number of carbonyl (C=O) groups excluding carboxylic acids is 1. The maximum absolute atomic E-state index is 13.2. The third-order valence-corrected chi connectivity index (χ3v) is 7.64. The third kappa shape index (κ3) is 5.77. The van der Waals surface area contributed by atoms with Crippen LogP contribution in [-0.2, 0) is 21.4 Å². The molecule has 1 fully saturated rings. The van der Waals surface area contributed by atoms with Crippen molar-refractivity contribution in [3.8, 4) is 11.5 Å². The standard InChI is InChI=1S/C26H23FN2O5S2/c1-3-29-25(30)24(35-26(29)28-36(31,32)21-12-10-20(27)11-13-21)16-19-9-14-22(33-2)23(15-19)34-17-18-7-5-4-6-8-18/h4-16H,3,17H2,1-2H3. The Labute approximate surface area is 213 Å². The molecule has 1 saturated heterocycles. The molecule has 7 nitrogen and oxygen atoms in total. The molecule has 0 aliphatic carbocycles. The summed E-state index contributed by atoms with van der Waals surface area (Å²) in [4.78, 5) is 14.4. The summed E-state index contributed by atoms with van der Waals surface area (Å²) in [5.41, 5.74) is 1.67. The Morgan fingerprint density at radius 3 is 2.42 bits per heavy atom. The number of sulfonamides is 1. The van der Waals surface area contributed by atoms with Gasteiger partial charge in [-0.25, -0.2) is 4.39 Å². The van der Waals surface area contributed by atoms with Crippen LogP contribution in [0.15, 0.2) is 87.0 Å². The maximum Gasteiger partial charge on any atom is 0.284 e. The highest BCUT2D eigenvalue weighted by atomic mass is 32.2. The Kier molecular flexibility index (Phi) is 7.76. The quantitative estimate of drug-likeness (QED) is 0.380.